The number of hydrogen-bond donors (Lipinski definition) is 2. The Bertz CT molecular complexity index is 654. The second-order valence-electron chi connectivity index (χ2n) is 4.29. The zero-order valence-electron chi connectivity index (χ0n) is 11.5. The van der Waals surface area contributed by atoms with Gasteiger partial charge in [-0.15, -0.1) is 10.2 Å². The first-order valence-corrected chi connectivity index (χ1v) is 7.83. The molecule has 0 aliphatic carbocycles. The summed E-state index contributed by atoms with van der Waals surface area (Å²) in [5.74, 6) is -0.157. The van der Waals surface area contributed by atoms with Crippen molar-refractivity contribution >= 4 is 45.6 Å². The van der Waals surface area contributed by atoms with Crippen molar-refractivity contribution in [2.45, 2.75) is 23.4 Å². The lowest BCUT2D eigenvalue weighted by molar-refractivity contribution is -0.115. The Kier molecular flexibility index (Phi) is 4.92. The predicted octanol–water partition coefficient (Wildman–Crippen LogP) is 2.44. The summed E-state index contributed by atoms with van der Waals surface area (Å²) < 4.78 is 0.655. The van der Waals surface area contributed by atoms with E-state index in [4.69, 9.17) is 5.73 Å². The van der Waals surface area contributed by atoms with Crippen molar-refractivity contribution in [2.75, 3.05) is 11.1 Å². The minimum absolute atomic E-state index is 0.00865. The lowest BCUT2D eigenvalue weighted by Gasteiger charge is -2.10. The largest absolute Gasteiger partial charge is 0.374 e. The van der Waals surface area contributed by atoms with Crippen LogP contribution in [0.4, 0.5) is 10.8 Å². The number of aromatic nitrogens is 2. The molecule has 3 N–H and O–H groups in total. The van der Waals surface area contributed by atoms with Crippen molar-refractivity contribution in [3.8, 4) is 0 Å². The molecule has 6 nitrogen and oxygen atoms in total. The highest BCUT2D eigenvalue weighted by Crippen LogP contribution is 2.28. The molecule has 0 aliphatic heterocycles. The second kappa shape index (κ2) is 6.68. The number of rotatable bonds is 5. The van der Waals surface area contributed by atoms with Gasteiger partial charge in [0.15, 0.2) is 10.1 Å². The molecule has 0 saturated carbocycles. The van der Waals surface area contributed by atoms with E-state index in [0.29, 0.717) is 20.7 Å². The van der Waals surface area contributed by atoms with Gasteiger partial charge in [-0.2, -0.15) is 0 Å². The maximum atomic E-state index is 12.1. The number of benzene rings is 1. The summed E-state index contributed by atoms with van der Waals surface area (Å²) in [7, 11) is 0. The molecule has 1 atom stereocenters. The third-order valence-electron chi connectivity index (χ3n) is 2.63. The molecular weight excluding hydrogens is 308 g/mol. The second-order valence-corrected chi connectivity index (χ2v) is 6.89. The Labute approximate surface area is 130 Å². The Morgan fingerprint density at radius 3 is 2.48 bits per heavy atom. The number of thioether (sulfide) groups is 1. The van der Waals surface area contributed by atoms with E-state index in [1.807, 2.05) is 0 Å². The summed E-state index contributed by atoms with van der Waals surface area (Å²) in [5.41, 5.74) is 6.75. The van der Waals surface area contributed by atoms with Crippen LogP contribution in [0.25, 0.3) is 0 Å². The highest BCUT2D eigenvalue weighted by molar-refractivity contribution is 8.02. The summed E-state index contributed by atoms with van der Waals surface area (Å²) in [6.45, 7) is 3.28. The summed E-state index contributed by atoms with van der Waals surface area (Å²) >= 11 is 2.54. The number of nitrogen functional groups attached to an aromatic ring is 1. The topological polar surface area (TPSA) is 98.0 Å². The zero-order valence-corrected chi connectivity index (χ0v) is 13.1. The normalized spacial score (nSPS) is 11.9. The molecule has 1 amide bonds. The number of carbonyl (C=O) groups is 2. The maximum absolute atomic E-state index is 12.1. The van der Waals surface area contributed by atoms with E-state index in [1.165, 1.54) is 30.0 Å². The summed E-state index contributed by atoms with van der Waals surface area (Å²) in [5, 5.41) is 10.4. The monoisotopic (exact) mass is 322 g/mol. The van der Waals surface area contributed by atoms with Gasteiger partial charge in [-0.25, -0.2) is 0 Å². The third kappa shape index (κ3) is 4.27. The van der Waals surface area contributed by atoms with Crippen LogP contribution in [0.5, 0.6) is 0 Å². The van der Waals surface area contributed by atoms with Gasteiger partial charge in [0, 0.05) is 11.3 Å². The third-order valence-corrected chi connectivity index (χ3v) is 4.56. The summed E-state index contributed by atoms with van der Waals surface area (Å²) in [6, 6.07) is 6.77. The molecule has 0 bridgehead atoms. The van der Waals surface area contributed by atoms with E-state index in [0.717, 1.165) is 0 Å². The van der Waals surface area contributed by atoms with E-state index < -0.39 is 0 Å². The molecule has 0 saturated heterocycles. The van der Waals surface area contributed by atoms with Crippen LogP contribution < -0.4 is 11.1 Å². The van der Waals surface area contributed by atoms with Gasteiger partial charge < -0.3 is 11.1 Å². The van der Waals surface area contributed by atoms with Crippen LogP contribution in [0, 0.1) is 0 Å². The van der Waals surface area contributed by atoms with Crippen LogP contribution in [-0.2, 0) is 4.79 Å². The number of amides is 1. The molecule has 1 heterocycles. The van der Waals surface area contributed by atoms with Gasteiger partial charge >= 0.3 is 0 Å². The van der Waals surface area contributed by atoms with Gasteiger partial charge in [0.25, 0.3) is 0 Å². The van der Waals surface area contributed by atoms with E-state index in [2.05, 4.69) is 15.5 Å². The van der Waals surface area contributed by atoms with Crippen molar-refractivity contribution in [1.29, 1.82) is 0 Å². The fraction of sp³-hybridized carbons (Fsp3) is 0.231. The number of nitrogens with two attached hydrogens (primary N) is 1. The van der Waals surface area contributed by atoms with Crippen molar-refractivity contribution in [1.82, 2.24) is 10.2 Å². The molecule has 2 aromatic rings. The number of anilines is 2. The van der Waals surface area contributed by atoms with Crippen molar-refractivity contribution in [2.24, 2.45) is 0 Å². The molecule has 8 heteroatoms. The van der Waals surface area contributed by atoms with Crippen LogP contribution in [-0.4, -0.2) is 27.1 Å². The summed E-state index contributed by atoms with van der Waals surface area (Å²) in [6.07, 6.45) is 0. The van der Waals surface area contributed by atoms with E-state index >= 15 is 0 Å². The van der Waals surface area contributed by atoms with Gasteiger partial charge in [-0.1, -0.05) is 23.1 Å². The SMILES string of the molecule is CC(=O)c1ccc(NC(=O)[C@@H](C)Sc2nnc(N)s2)cc1. The molecule has 21 heavy (non-hydrogen) atoms. The molecule has 0 unspecified atom stereocenters. The fourth-order valence-electron chi connectivity index (χ4n) is 1.50. The predicted molar refractivity (Wildman–Crippen MR) is 84.7 cm³/mol. The van der Waals surface area contributed by atoms with Crippen LogP contribution in [0.3, 0.4) is 0 Å². The molecular formula is C13H14N4O2S2. The van der Waals surface area contributed by atoms with E-state index in [1.54, 1.807) is 31.2 Å². The number of ketones is 1. The lowest BCUT2D eigenvalue weighted by Crippen LogP contribution is -2.22. The van der Waals surface area contributed by atoms with Crippen LogP contribution >= 0.6 is 23.1 Å². The Morgan fingerprint density at radius 1 is 1.29 bits per heavy atom. The first-order chi connectivity index (χ1) is 9.95. The van der Waals surface area contributed by atoms with Crippen molar-refractivity contribution in [3.05, 3.63) is 29.8 Å². The highest BCUT2D eigenvalue weighted by Gasteiger charge is 2.17. The standard InChI is InChI=1S/C13H14N4O2S2/c1-7(18)9-3-5-10(6-4-9)15-11(19)8(2)20-13-17-16-12(14)21-13/h3-6,8H,1-2H3,(H2,14,16)(H,15,19)/t8-/m1/s1. The molecule has 0 aliphatic rings. The highest BCUT2D eigenvalue weighted by atomic mass is 32.2. The average molecular weight is 322 g/mol. The van der Waals surface area contributed by atoms with Crippen molar-refractivity contribution in [3.63, 3.8) is 0 Å². The fourth-order valence-corrected chi connectivity index (χ4v) is 3.29. The van der Waals surface area contributed by atoms with Crippen LogP contribution in [0.2, 0.25) is 0 Å². The van der Waals surface area contributed by atoms with Gasteiger partial charge in [0.1, 0.15) is 0 Å². The Morgan fingerprint density at radius 2 is 1.95 bits per heavy atom. The molecule has 0 spiro atoms. The van der Waals surface area contributed by atoms with E-state index in [9.17, 15) is 9.59 Å². The number of hydrogen-bond acceptors (Lipinski definition) is 7. The van der Waals surface area contributed by atoms with Crippen LogP contribution in [0.1, 0.15) is 24.2 Å². The molecule has 1 aromatic heterocycles. The Hall–Kier alpha value is -1.93. The van der Waals surface area contributed by atoms with Crippen LogP contribution in [0.15, 0.2) is 28.6 Å². The molecule has 2 rings (SSSR count). The maximum Gasteiger partial charge on any atom is 0.237 e. The first-order valence-electron chi connectivity index (χ1n) is 6.13. The van der Waals surface area contributed by atoms with Gasteiger partial charge in [-0.05, 0) is 38.1 Å². The molecule has 0 fully saturated rings. The number of Topliss-reactive ketones (excluding diaryl/α,β-unsaturated/α-hetero) is 1. The minimum Gasteiger partial charge on any atom is -0.374 e. The first kappa shape index (κ1) is 15.5. The average Bonchev–Trinajstić information content (AvgIpc) is 2.84. The minimum atomic E-state index is -0.329. The molecule has 0 radical (unpaired) electrons. The summed E-state index contributed by atoms with van der Waals surface area (Å²) in [4.78, 5) is 23.2. The van der Waals surface area contributed by atoms with Gasteiger partial charge in [0.2, 0.25) is 11.0 Å². The zero-order chi connectivity index (χ0) is 15.4. The van der Waals surface area contributed by atoms with Gasteiger partial charge in [0.05, 0.1) is 5.25 Å². The number of carbonyl (C=O) groups excluding carboxylic acids is 2. The molecule has 110 valence electrons. The molecule has 1 aromatic carbocycles. The van der Waals surface area contributed by atoms with E-state index in [-0.39, 0.29) is 16.9 Å². The lowest BCUT2D eigenvalue weighted by atomic mass is 10.1. The Balaban J connectivity index is 1.95. The van der Waals surface area contributed by atoms with Gasteiger partial charge in [-0.3, -0.25) is 9.59 Å². The number of nitrogens with zero attached hydrogens (tertiary/aromatic N) is 2. The quantitative estimate of drug-likeness (QED) is 0.648. The smallest absolute Gasteiger partial charge is 0.237 e. The number of nitrogens with one attached hydrogen (secondary N) is 1. The van der Waals surface area contributed by atoms with Crippen molar-refractivity contribution < 1.29 is 9.59 Å².